The molecule has 0 aliphatic heterocycles. The van der Waals surface area contributed by atoms with Crippen molar-refractivity contribution in [3.05, 3.63) is 11.1 Å². The van der Waals surface area contributed by atoms with Crippen LogP contribution in [0.2, 0.25) is 0 Å². The molecule has 0 atom stereocenters. The molecule has 0 aromatic rings. The molecule has 0 unspecified atom stereocenters. The summed E-state index contributed by atoms with van der Waals surface area (Å²) in [6, 6.07) is 0. The number of hydrogen-bond donors (Lipinski definition) is 3. The maximum absolute atomic E-state index is 12.3. The van der Waals surface area contributed by atoms with E-state index in [1.807, 2.05) is 0 Å². The van der Waals surface area contributed by atoms with Gasteiger partial charge in [-0.2, -0.15) is 0 Å². The van der Waals surface area contributed by atoms with E-state index in [-0.39, 0.29) is 0 Å². The van der Waals surface area contributed by atoms with E-state index >= 15 is 0 Å². The average molecular weight is 284 g/mol. The third-order valence-electron chi connectivity index (χ3n) is 2.69. The molecule has 0 heterocycles. The molecule has 8 heteroatoms. The summed E-state index contributed by atoms with van der Waals surface area (Å²) < 4.78 is 0. The van der Waals surface area contributed by atoms with Crippen molar-refractivity contribution in [1.29, 1.82) is 0 Å². The first-order chi connectivity index (χ1) is 9.35. The quantitative estimate of drug-likeness (QED) is 0.259. The van der Waals surface area contributed by atoms with Crippen LogP contribution in [0.5, 0.6) is 0 Å². The molecule has 0 aliphatic carbocycles. The third kappa shape index (κ3) is 3.97. The van der Waals surface area contributed by atoms with Crippen molar-refractivity contribution in [2.75, 3.05) is 26.2 Å². The Balaban J connectivity index is 6.10. The Kier molecular flexibility index (Phi) is 7.34. The lowest BCUT2D eigenvalue weighted by molar-refractivity contribution is -0.131. The largest absolute Gasteiger partial charge is 0.365 e. The minimum atomic E-state index is -1.17. The highest BCUT2D eigenvalue weighted by Crippen LogP contribution is 2.11. The molecule has 0 rings (SSSR count). The number of rotatable bonds is 8. The number of nitrogens with zero attached hydrogens (tertiary/aromatic N) is 1. The molecule has 0 aromatic carbocycles. The van der Waals surface area contributed by atoms with Crippen LogP contribution in [-0.2, 0) is 19.2 Å². The molecule has 0 bridgehead atoms. The molecular formula is C12H20N4O4. The van der Waals surface area contributed by atoms with E-state index in [1.165, 1.54) is 4.90 Å². The zero-order chi connectivity index (χ0) is 15.9. The summed E-state index contributed by atoms with van der Waals surface area (Å²) in [5.41, 5.74) is 14.2. The average Bonchev–Trinajstić information content (AvgIpc) is 2.43. The standard InChI is InChI=1S/C12H20N4O4/c1-3-16(4-2)12(20)10(8(18)6-14)9(11(15)19)7(17)5-13/h3-6,13-14H2,1-2H3,(H2,15,19)/b10-9+. The van der Waals surface area contributed by atoms with E-state index in [2.05, 4.69) is 0 Å². The Morgan fingerprint density at radius 1 is 0.850 bits per heavy atom. The Morgan fingerprint density at radius 2 is 1.25 bits per heavy atom. The summed E-state index contributed by atoms with van der Waals surface area (Å²) in [6.45, 7) is 2.95. The van der Waals surface area contributed by atoms with Crippen LogP contribution in [0, 0.1) is 0 Å². The fourth-order valence-electron chi connectivity index (χ4n) is 1.64. The van der Waals surface area contributed by atoms with Gasteiger partial charge in [-0.1, -0.05) is 0 Å². The van der Waals surface area contributed by atoms with Gasteiger partial charge in [0, 0.05) is 13.1 Å². The normalized spacial score (nSPS) is 11.6. The molecule has 20 heavy (non-hydrogen) atoms. The predicted octanol–water partition coefficient (Wildman–Crippen LogP) is -2.31. The second-order valence-corrected chi connectivity index (χ2v) is 3.85. The second kappa shape index (κ2) is 8.18. The van der Waals surface area contributed by atoms with Gasteiger partial charge in [0.15, 0.2) is 11.6 Å². The maximum atomic E-state index is 12.3. The van der Waals surface area contributed by atoms with Crippen LogP contribution in [0.4, 0.5) is 0 Å². The fourth-order valence-corrected chi connectivity index (χ4v) is 1.64. The van der Waals surface area contributed by atoms with Gasteiger partial charge in [-0.15, -0.1) is 0 Å². The topological polar surface area (TPSA) is 150 Å². The highest BCUT2D eigenvalue weighted by Gasteiger charge is 2.30. The number of ketones is 2. The van der Waals surface area contributed by atoms with Crippen molar-refractivity contribution in [1.82, 2.24) is 4.90 Å². The van der Waals surface area contributed by atoms with Crippen molar-refractivity contribution < 1.29 is 19.2 Å². The monoisotopic (exact) mass is 284 g/mol. The van der Waals surface area contributed by atoms with Gasteiger partial charge < -0.3 is 22.1 Å². The minimum absolute atomic E-state index is 0.305. The van der Waals surface area contributed by atoms with Crippen LogP contribution in [0.25, 0.3) is 0 Å². The summed E-state index contributed by atoms with van der Waals surface area (Å²) in [4.78, 5) is 48.4. The summed E-state index contributed by atoms with van der Waals surface area (Å²) in [7, 11) is 0. The summed E-state index contributed by atoms with van der Waals surface area (Å²) in [5.74, 6) is -3.61. The highest BCUT2D eigenvalue weighted by molar-refractivity contribution is 6.32. The summed E-state index contributed by atoms with van der Waals surface area (Å²) >= 11 is 0. The van der Waals surface area contributed by atoms with E-state index < -0.39 is 47.6 Å². The van der Waals surface area contributed by atoms with Gasteiger partial charge in [0.1, 0.15) is 5.57 Å². The molecule has 6 N–H and O–H groups in total. The van der Waals surface area contributed by atoms with Crippen LogP contribution in [-0.4, -0.2) is 54.5 Å². The van der Waals surface area contributed by atoms with Gasteiger partial charge in [0.25, 0.3) is 11.8 Å². The van der Waals surface area contributed by atoms with Crippen molar-refractivity contribution in [2.45, 2.75) is 13.8 Å². The van der Waals surface area contributed by atoms with Gasteiger partial charge in [0.2, 0.25) is 0 Å². The van der Waals surface area contributed by atoms with Crippen LogP contribution < -0.4 is 17.2 Å². The van der Waals surface area contributed by atoms with Gasteiger partial charge >= 0.3 is 0 Å². The molecule has 0 aromatic heterocycles. The third-order valence-corrected chi connectivity index (χ3v) is 2.69. The van der Waals surface area contributed by atoms with E-state index in [1.54, 1.807) is 13.8 Å². The van der Waals surface area contributed by atoms with Crippen LogP contribution >= 0.6 is 0 Å². The number of primary amides is 1. The van der Waals surface area contributed by atoms with Crippen LogP contribution in [0.3, 0.4) is 0 Å². The van der Waals surface area contributed by atoms with E-state index in [9.17, 15) is 19.2 Å². The number of nitrogens with two attached hydrogens (primary N) is 3. The Hall–Kier alpha value is -2.06. The van der Waals surface area contributed by atoms with E-state index in [0.717, 1.165) is 0 Å². The Bertz CT molecular complexity index is 452. The van der Waals surface area contributed by atoms with Crippen molar-refractivity contribution >= 4 is 23.4 Å². The number of likely N-dealkylation sites (N-methyl/N-ethyl adjacent to an activating group) is 1. The first kappa shape index (κ1) is 17.9. The predicted molar refractivity (Wildman–Crippen MR) is 72.3 cm³/mol. The molecule has 0 saturated heterocycles. The Morgan fingerprint density at radius 3 is 1.55 bits per heavy atom. The fraction of sp³-hybridized carbons (Fsp3) is 0.500. The molecule has 2 amide bonds. The Labute approximate surface area is 116 Å². The molecule has 112 valence electrons. The van der Waals surface area contributed by atoms with E-state index in [0.29, 0.717) is 13.1 Å². The molecule has 0 fully saturated rings. The lowest BCUT2D eigenvalue weighted by Gasteiger charge is -2.21. The lowest BCUT2D eigenvalue weighted by atomic mass is 9.98. The molecule has 0 saturated carbocycles. The molecule has 8 nitrogen and oxygen atoms in total. The minimum Gasteiger partial charge on any atom is -0.365 e. The van der Waals surface area contributed by atoms with Gasteiger partial charge in [-0.05, 0) is 13.8 Å². The number of carbonyl (C=O) groups is 4. The van der Waals surface area contributed by atoms with Gasteiger partial charge in [-0.25, -0.2) is 0 Å². The van der Waals surface area contributed by atoms with Crippen molar-refractivity contribution in [2.24, 2.45) is 17.2 Å². The van der Waals surface area contributed by atoms with Gasteiger partial charge in [0.05, 0.1) is 18.7 Å². The smallest absolute Gasteiger partial charge is 0.258 e. The maximum Gasteiger partial charge on any atom is 0.258 e. The van der Waals surface area contributed by atoms with Crippen molar-refractivity contribution in [3.8, 4) is 0 Å². The first-order valence-electron chi connectivity index (χ1n) is 6.15. The second-order valence-electron chi connectivity index (χ2n) is 3.85. The zero-order valence-corrected chi connectivity index (χ0v) is 11.6. The SMILES string of the molecule is CCN(CC)C(=O)/C(C(=O)CN)=C(/C(N)=O)C(=O)CN. The number of amides is 2. The molecule has 0 spiro atoms. The van der Waals surface area contributed by atoms with Gasteiger partial charge in [-0.3, -0.25) is 19.2 Å². The van der Waals surface area contributed by atoms with Crippen LogP contribution in [0.1, 0.15) is 13.8 Å². The lowest BCUT2D eigenvalue weighted by Crippen LogP contribution is -2.40. The number of hydrogen-bond acceptors (Lipinski definition) is 6. The summed E-state index contributed by atoms with van der Waals surface area (Å²) in [6.07, 6.45) is 0. The first-order valence-corrected chi connectivity index (χ1v) is 6.15. The summed E-state index contributed by atoms with van der Waals surface area (Å²) in [5, 5.41) is 0. The zero-order valence-electron chi connectivity index (χ0n) is 11.6. The van der Waals surface area contributed by atoms with Crippen molar-refractivity contribution in [3.63, 3.8) is 0 Å². The number of carbonyl (C=O) groups excluding carboxylic acids is 4. The molecule has 0 aliphatic rings. The number of Topliss-reactive ketones (excluding diaryl/α,β-unsaturated/α-hetero) is 2. The van der Waals surface area contributed by atoms with E-state index in [4.69, 9.17) is 17.2 Å². The molecular weight excluding hydrogens is 264 g/mol. The van der Waals surface area contributed by atoms with Crippen LogP contribution in [0.15, 0.2) is 11.1 Å². The highest BCUT2D eigenvalue weighted by atomic mass is 16.2. The molecule has 0 radical (unpaired) electrons.